The van der Waals surface area contributed by atoms with Crippen LogP contribution in [0.1, 0.15) is 39.4 Å². The molecule has 3 aromatic rings. The number of thiophene rings is 1. The Balaban J connectivity index is 1.88. The van der Waals surface area contributed by atoms with Gasteiger partial charge in [-0.3, -0.25) is 9.69 Å². The smallest absolute Gasteiger partial charge is 0.260 e. The summed E-state index contributed by atoms with van der Waals surface area (Å²) in [7, 11) is 0. The summed E-state index contributed by atoms with van der Waals surface area (Å²) in [5, 5.41) is 13.5. The number of aromatic amines is 1. The number of fused-ring (bicyclic) bond motifs is 1. The molecule has 1 aromatic carbocycles. The van der Waals surface area contributed by atoms with Gasteiger partial charge < -0.3 is 10.1 Å². The van der Waals surface area contributed by atoms with Crippen LogP contribution >= 0.6 is 22.9 Å². The number of nitrogens with one attached hydrogen (secondary N) is 1. The van der Waals surface area contributed by atoms with Crippen LogP contribution in [0.5, 0.6) is 0 Å². The molecule has 2 N–H and O–H groups in total. The first-order valence-corrected chi connectivity index (χ1v) is 11.3. The van der Waals surface area contributed by atoms with E-state index in [1.807, 2.05) is 29.6 Å². The van der Waals surface area contributed by atoms with E-state index < -0.39 is 0 Å². The Morgan fingerprint density at radius 3 is 2.62 bits per heavy atom. The standard InChI is InChI=1S/C22H28ClN3O2S/c1-4-5-17(27)11-26(10-14(2)3)12-19-24-21(28)20-18(13-29-22(20)25-19)15-6-8-16(23)9-7-15/h6-9,13-14,17,27H,4-5,10-12H2,1-3H3,(H,24,25,28). The lowest BCUT2D eigenvalue weighted by Gasteiger charge is -2.26. The van der Waals surface area contributed by atoms with Gasteiger partial charge in [-0.1, -0.05) is 50.9 Å². The van der Waals surface area contributed by atoms with Crippen LogP contribution in [-0.4, -0.2) is 39.2 Å². The van der Waals surface area contributed by atoms with E-state index in [1.54, 1.807) is 0 Å². The molecule has 7 heteroatoms. The maximum absolute atomic E-state index is 12.9. The zero-order chi connectivity index (χ0) is 21.0. The van der Waals surface area contributed by atoms with Crippen molar-refractivity contribution < 1.29 is 5.11 Å². The van der Waals surface area contributed by atoms with Crippen LogP contribution in [0.15, 0.2) is 34.4 Å². The number of aliphatic hydroxyl groups is 1. The Morgan fingerprint density at radius 1 is 1.24 bits per heavy atom. The summed E-state index contributed by atoms with van der Waals surface area (Å²) in [6.07, 6.45) is 1.35. The summed E-state index contributed by atoms with van der Waals surface area (Å²) < 4.78 is 0. The van der Waals surface area contributed by atoms with E-state index in [0.29, 0.717) is 35.2 Å². The van der Waals surface area contributed by atoms with Gasteiger partial charge in [0, 0.05) is 29.1 Å². The van der Waals surface area contributed by atoms with E-state index in [4.69, 9.17) is 16.6 Å². The van der Waals surface area contributed by atoms with Crippen molar-refractivity contribution in [1.82, 2.24) is 14.9 Å². The predicted molar refractivity (Wildman–Crippen MR) is 122 cm³/mol. The van der Waals surface area contributed by atoms with Gasteiger partial charge >= 0.3 is 0 Å². The number of rotatable bonds is 9. The molecule has 2 heterocycles. The summed E-state index contributed by atoms with van der Waals surface area (Å²) in [4.78, 5) is 23.4. The van der Waals surface area contributed by atoms with Gasteiger partial charge in [-0.25, -0.2) is 4.98 Å². The monoisotopic (exact) mass is 433 g/mol. The van der Waals surface area contributed by atoms with Crippen molar-refractivity contribution in [3.63, 3.8) is 0 Å². The van der Waals surface area contributed by atoms with Crippen molar-refractivity contribution in [3.8, 4) is 11.1 Å². The van der Waals surface area contributed by atoms with Crippen molar-refractivity contribution >= 4 is 33.2 Å². The van der Waals surface area contributed by atoms with Gasteiger partial charge in [0.2, 0.25) is 0 Å². The Labute approximate surface area is 180 Å². The second-order valence-electron chi connectivity index (χ2n) is 7.88. The van der Waals surface area contributed by atoms with Crippen LogP contribution in [0, 0.1) is 5.92 Å². The van der Waals surface area contributed by atoms with Crippen LogP contribution in [0.4, 0.5) is 0 Å². The van der Waals surface area contributed by atoms with Crippen molar-refractivity contribution in [2.24, 2.45) is 5.92 Å². The van der Waals surface area contributed by atoms with E-state index in [9.17, 15) is 9.90 Å². The fourth-order valence-electron chi connectivity index (χ4n) is 3.56. The number of halogens is 1. The normalized spacial score (nSPS) is 12.9. The number of benzene rings is 1. The van der Waals surface area contributed by atoms with Gasteiger partial charge in [-0.05, 0) is 30.0 Å². The van der Waals surface area contributed by atoms with Crippen LogP contribution < -0.4 is 5.56 Å². The summed E-state index contributed by atoms with van der Waals surface area (Å²) in [6, 6.07) is 7.47. The summed E-state index contributed by atoms with van der Waals surface area (Å²) in [6.45, 7) is 8.29. The fourth-order valence-corrected chi connectivity index (χ4v) is 4.66. The fraction of sp³-hybridized carbons (Fsp3) is 0.455. The maximum atomic E-state index is 12.9. The Kier molecular flexibility index (Phi) is 7.46. The first kappa shape index (κ1) is 22.0. The third-order valence-electron chi connectivity index (χ3n) is 4.74. The predicted octanol–water partition coefficient (Wildman–Crippen LogP) is 4.92. The number of hydrogen-bond donors (Lipinski definition) is 2. The summed E-state index contributed by atoms with van der Waals surface area (Å²) in [5.74, 6) is 1.09. The molecule has 5 nitrogen and oxygen atoms in total. The zero-order valence-electron chi connectivity index (χ0n) is 17.1. The van der Waals surface area contributed by atoms with Crippen molar-refractivity contribution in [1.29, 1.82) is 0 Å². The molecule has 0 spiro atoms. The second kappa shape index (κ2) is 9.85. The van der Waals surface area contributed by atoms with Crippen LogP contribution in [0.2, 0.25) is 5.02 Å². The van der Waals surface area contributed by atoms with Crippen molar-refractivity contribution in [2.45, 2.75) is 46.3 Å². The molecule has 0 saturated heterocycles. The number of aromatic nitrogens is 2. The molecule has 156 valence electrons. The Hall–Kier alpha value is -1.73. The minimum Gasteiger partial charge on any atom is -0.392 e. The van der Waals surface area contributed by atoms with Gasteiger partial charge in [0.25, 0.3) is 5.56 Å². The highest BCUT2D eigenvalue weighted by molar-refractivity contribution is 7.17. The minimum atomic E-state index is -0.368. The molecular formula is C22H28ClN3O2S. The first-order chi connectivity index (χ1) is 13.9. The van der Waals surface area contributed by atoms with Crippen molar-refractivity contribution in [2.75, 3.05) is 13.1 Å². The average Bonchev–Trinajstić information content (AvgIpc) is 3.06. The highest BCUT2D eigenvalue weighted by Gasteiger charge is 2.17. The quantitative estimate of drug-likeness (QED) is 0.502. The summed E-state index contributed by atoms with van der Waals surface area (Å²) in [5.41, 5.74) is 1.69. The molecule has 0 aliphatic rings. The van der Waals surface area contributed by atoms with Gasteiger partial charge in [0.15, 0.2) is 0 Å². The number of aliphatic hydroxyl groups excluding tert-OH is 1. The van der Waals surface area contributed by atoms with E-state index in [0.717, 1.165) is 35.3 Å². The first-order valence-electron chi connectivity index (χ1n) is 10.0. The lowest BCUT2D eigenvalue weighted by molar-refractivity contribution is 0.0930. The average molecular weight is 434 g/mol. The van der Waals surface area contributed by atoms with Gasteiger partial charge in [-0.2, -0.15) is 0 Å². The molecule has 0 bridgehead atoms. The molecule has 0 amide bonds. The number of H-pyrrole nitrogens is 1. The van der Waals surface area contributed by atoms with Crippen LogP contribution in [-0.2, 0) is 6.54 Å². The van der Waals surface area contributed by atoms with Gasteiger partial charge in [0.05, 0.1) is 18.0 Å². The molecular weight excluding hydrogens is 406 g/mol. The SMILES string of the molecule is CCCC(O)CN(Cc1nc2scc(-c3ccc(Cl)cc3)c2c(=O)[nH]1)CC(C)C. The van der Waals surface area contributed by atoms with Gasteiger partial charge in [0.1, 0.15) is 10.7 Å². The molecule has 29 heavy (non-hydrogen) atoms. The lowest BCUT2D eigenvalue weighted by atomic mass is 10.1. The highest BCUT2D eigenvalue weighted by atomic mass is 35.5. The lowest BCUT2D eigenvalue weighted by Crippen LogP contribution is -2.35. The molecule has 0 aliphatic carbocycles. The minimum absolute atomic E-state index is 0.130. The van der Waals surface area contributed by atoms with Crippen molar-refractivity contribution in [3.05, 3.63) is 50.8 Å². The molecule has 1 atom stereocenters. The molecule has 0 radical (unpaired) electrons. The number of hydrogen-bond acceptors (Lipinski definition) is 5. The summed E-state index contributed by atoms with van der Waals surface area (Å²) >= 11 is 7.46. The van der Waals surface area contributed by atoms with E-state index in [1.165, 1.54) is 11.3 Å². The Bertz CT molecular complexity index is 997. The second-order valence-corrected chi connectivity index (χ2v) is 9.17. The van der Waals surface area contributed by atoms with Crippen LogP contribution in [0.3, 0.4) is 0 Å². The highest BCUT2D eigenvalue weighted by Crippen LogP contribution is 2.31. The van der Waals surface area contributed by atoms with E-state index >= 15 is 0 Å². The third-order valence-corrected chi connectivity index (χ3v) is 5.86. The van der Waals surface area contributed by atoms with Crippen LogP contribution in [0.25, 0.3) is 21.3 Å². The Morgan fingerprint density at radius 2 is 1.97 bits per heavy atom. The molecule has 3 rings (SSSR count). The number of nitrogens with zero attached hydrogens (tertiary/aromatic N) is 2. The zero-order valence-corrected chi connectivity index (χ0v) is 18.7. The maximum Gasteiger partial charge on any atom is 0.260 e. The molecule has 1 unspecified atom stereocenters. The molecule has 0 fully saturated rings. The molecule has 0 saturated carbocycles. The van der Waals surface area contributed by atoms with Gasteiger partial charge in [-0.15, -0.1) is 11.3 Å². The third kappa shape index (κ3) is 5.66. The molecule has 0 aliphatic heterocycles. The van der Waals surface area contributed by atoms with E-state index in [-0.39, 0.29) is 11.7 Å². The topological polar surface area (TPSA) is 69.2 Å². The largest absolute Gasteiger partial charge is 0.392 e. The van der Waals surface area contributed by atoms with E-state index in [2.05, 4.69) is 30.7 Å². The molecule has 2 aromatic heterocycles.